The molecule has 0 heterocycles. The lowest BCUT2D eigenvalue weighted by atomic mass is 9.84. The van der Waals surface area contributed by atoms with Gasteiger partial charge in [0.2, 0.25) is 0 Å². The maximum atomic E-state index is 5.31. The fourth-order valence-electron chi connectivity index (χ4n) is 2.68. The number of nitrogens with zero attached hydrogens (tertiary/aromatic N) is 1. The molecule has 2 aliphatic rings. The number of rotatable bonds is 4. The number of hydrogen-bond donors (Lipinski definition) is 0. The highest BCUT2D eigenvalue weighted by Gasteiger charge is 2.23. The molecule has 3 rings (SSSR count). The van der Waals surface area contributed by atoms with Crippen LogP contribution in [0.1, 0.15) is 62.0 Å². The van der Waals surface area contributed by atoms with Crippen molar-refractivity contribution in [1.29, 1.82) is 0 Å². The largest absolute Gasteiger partial charge is 0.392 e. The highest BCUT2D eigenvalue weighted by molar-refractivity contribution is 5.79. The molecule has 0 saturated heterocycles. The molecule has 0 radical (unpaired) electrons. The molecule has 0 spiro atoms. The van der Waals surface area contributed by atoms with Crippen molar-refractivity contribution in [3.63, 3.8) is 0 Å². The Labute approximate surface area is 109 Å². The predicted molar refractivity (Wildman–Crippen MR) is 74.0 cm³/mol. The van der Waals surface area contributed by atoms with Gasteiger partial charge in [0.1, 0.15) is 6.10 Å². The first-order valence-corrected chi connectivity index (χ1v) is 7.21. The van der Waals surface area contributed by atoms with E-state index >= 15 is 0 Å². The summed E-state index contributed by atoms with van der Waals surface area (Å²) in [4.78, 5) is 5.31. The number of hydrogen-bond acceptors (Lipinski definition) is 2. The van der Waals surface area contributed by atoms with Gasteiger partial charge in [0.25, 0.3) is 0 Å². The molecule has 0 amide bonds. The highest BCUT2D eigenvalue weighted by atomic mass is 16.6. The van der Waals surface area contributed by atoms with Crippen LogP contribution in [0.2, 0.25) is 0 Å². The van der Waals surface area contributed by atoms with Gasteiger partial charge >= 0.3 is 0 Å². The maximum absolute atomic E-state index is 5.31. The van der Waals surface area contributed by atoms with Crippen LogP contribution >= 0.6 is 0 Å². The Bertz CT molecular complexity index is 417. The van der Waals surface area contributed by atoms with Crippen LogP contribution in [0.4, 0.5) is 0 Å². The van der Waals surface area contributed by atoms with E-state index in [-0.39, 0.29) is 0 Å². The highest BCUT2D eigenvalue weighted by Crippen LogP contribution is 2.32. The second-order valence-electron chi connectivity index (χ2n) is 5.54. The first-order chi connectivity index (χ1) is 8.92. The van der Waals surface area contributed by atoms with Gasteiger partial charge in [-0.2, -0.15) is 0 Å². The van der Waals surface area contributed by atoms with E-state index in [1.54, 1.807) is 0 Å². The summed E-state index contributed by atoms with van der Waals surface area (Å²) in [7, 11) is 0. The number of oxime groups is 1. The summed E-state index contributed by atoms with van der Waals surface area (Å²) in [6.07, 6.45) is 11.4. The molecule has 0 N–H and O–H groups in total. The van der Waals surface area contributed by atoms with Crippen LogP contribution in [0.3, 0.4) is 0 Å². The van der Waals surface area contributed by atoms with Gasteiger partial charge in [0, 0.05) is 0 Å². The molecule has 2 heteroatoms. The third kappa shape index (κ3) is 3.12. The van der Waals surface area contributed by atoms with E-state index in [9.17, 15) is 0 Å². The van der Waals surface area contributed by atoms with E-state index in [1.807, 2.05) is 6.21 Å². The molecule has 0 atom stereocenters. The van der Waals surface area contributed by atoms with Gasteiger partial charge < -0.3 is 4.84 Å². The van der Waals surface area contributed by atoms with E-state index in [1.165, 1.54) is 56.1 Å². The maximum Gasteiger partial charge on any atom is 0.127 e. The second kappa shape index (κ2) is 5.55. The van der Waals surface area contributed by atoms with E-state index in [0.29, 0.717) is 6.10 Å². The molecule has 1 aromatic carbocycles. The van der Waals surface area contributed by atoms with E-state index in [0.717, 1.165) is 5.92 Å². The summed E-state index contributed by atoms with van der Waals surface area (Å²) >= 11 is 0. The Balaban J connectivity index is 1.65. The monoisotopic (exact) mass is 243 g/mol. The second-order valence-corrected chi connectivity index (χ2v) is 5.54. The minimum Gasteiger partial charge on any atom is -0.392 e. The van der Waals surface area contributed by atoms with Crippen molar-refractivity contribution in [3.8, 4) is 0 Å². The van der Waals surface area contributed by atoms with E-state index in [4.69, 9.17) is 4.84 Å². The third-order valence-electron chi connectivity index (χ3n) is 3.92. The molecule has 2 nitrogen and oxygen atoms in total. The molecular formula is C16H21NO. The summed E-state index contributed by atoms with van der Waals surface area (Å²) in [6.45, 7) is 0. The van der Waals surface area contributed by atoms with Crippen molar-refractivity contribution >= 4 is 6.21 Å². The minimum absolute atomic E-state index is 0.391. The Morgan fingerprint density at radius 1 is 1.06 bits per heavy atom. The van der Waals surface area contributed by atoms with Crippen LogP contribution in [0.15, 0.2) is 29.4 Å². The van der Waals surface area contributed by atoms with Crippen LogP contribution in [0.5, 0.6) is 0 Å². The Hall–Kier alpha value is -1.31. The van der Waals surface area contributed by atoms with E-state index in [2.05, 4.69) is 29.4 Å². The van der Waals surface area contributed by atoms with Crippen LogP contribution in [0, 0.1) is 0 Å². The van der Waals surface area contributed by atoms with Crippen molar-refractivity contribution in [3.05, 3.63) is 35.4 Å². The zero-order chi connectivity index (χ0) is 12.2. The summed E-state index contributed by atoms with van der Waals surface area (Å²) in [5.74, 6) is 0.761. The van der Waals surface area contributed by atoms with Crippen LogP contribution in [0.25, 0.3) is 0 Å². The van der Waals surface area contributed by atoms with Crippen LogP contribution in [-0.4, -0.2) is 12.3 Å². The summed E-state index contributed by atoms with van der Waals surface area (Å²) in [5, 5.41) is 4.06. The standard InChI is InChI=1S/C16H21NO/c1-2-6-14(7-3-1)15-8-4-5-13(11-15)12-17-18-16-9-10-16/h4-5,8,11-12,14,16H,1-3,6-7,9-10H2. The topological polar surface area (TPSA) is 21.6 Å². The van der Waals surface area contributed by atoms with Crippen LogP contribution in [-0.2, 0) is 4.84 Å². The molecular weight excluding hydrogens is 222 g/mol. The fraction of sp³-hybridized carbons (Fsp3) is 0.562. The zero-order valence-corrected chi connectivity index (χ0v) is 10.8. The molecule has 2 aliphatic carbocycles. The summed E-state index contributed by atoms with van der Waals surface area (Å²) < 4.78 is 0. The lowest BCUT2D eigenvalue weighted by molar-refractivity contribution is 0.131. The first kappa shape index (κ1) is 11.8. The molecule has 2 saturated carbocycles. The summed E-state index contributed by atoms with van der Waals surface area (Å²) in [6, 6.07) is 8.78. The van der Waals surface area contributed by atoms with Gasteiger partial charge in [-0.25, -0.2) is 0 Å². The molecule has 2 fully saturated rings. The average molecular weight is 243 g/mol. The first-order valence-electron chi connectivity index (χ1n) is 7.21. The van der Waals surface area contributed by atoms with E-state index < -0.39 is 0 Å². The molecule has 0 aromatic heterocycles. The zero-order valence-electron chi connectivity index (χ0n) is 10.8. The molecule has 96 valence electrons. The molecule has 0 unspecified atom stereocenters. The average Bonchev–Trinajstić information content (AvgIpc) is 3.24. The van der Waals surface area contributed by atoms with Crippen molar-refractivity contribution in [2.75, 3.05) is 0 Å². The lowest BCUT2D eigenvalue weighted by Crippen LogP contribution is -2.04. The number of benzene rings is 1. The predicted octanol–water partition coefficient (Wildman–Crippen LogP) is 4.25. The molecule has 0 aliphatic heterocycles. The van der Waals surface area contributed by atoms with Gasteiger partial charge in [0.05, 0.1) is 6.21 Å². The molecule has 1 aromatic rings. The van der Waals surface area contributed by atoms with Gasteiger partial charge in [-0.15, -0.1) is 0 Å². The Morgan fingerprint density at radius 3 is 2.67 bits per heavy atom. The Morgan fingerprint density at radius 2 is 1.89 bits per heavy atom. The van der Waals surface area contributed by atoms with Crippen molar-refractivity contribution < 1.29 is 4.84 Å². The van der Waals surface area contributed by atoms with Gasteiger partial charge in [-0.1, -0.05) is 42.6 Å². The van der Waals surface area contributed by atoms with Crippen molar-refractivity contribution in [1.82, 2.24) is 0 Å². The minimum atomic E-state index is 0.391. The fourth-order valence-corrected chi connectivity index (χ4v) is 2.68. The van der Waals surface area contributed by atoms with Gasteiger partial charge in [-0.05, 0) is 48.8 Å². The normalized spacial score (nSPS) is 21.3. The Kier molecular flexibility index (Phi) is 3.63. The molecule has 18 heavy (non-hydrogen) atoms. The van der Waals surface area contributed by atoms with Gasteiger partial charge in [0.15, 0.2) is 0 Å². The van der Waals surface area contributed by atoms with Crippen molar-refractivity contribution in [2.45, 2.75) is 57.0 Å². The SMILES string of the molecule is C(=NOC1CC1)c1cccc(C2CCCCC2)c1. The van der Waals surface area contributed by atoms with Gasteiger partial charge in [-0.3, -0.25) is 0 Å². The van der Waals surface area contributed by atoms with Crippen molar-refractivity contribution in [2.24, 2.45) is 5.16 Å². The lowest BCUT2D eigenvalue weighted by Gasteiger charge is -2.22. The quantitative estimate of drug-likeness (QED) is 0.572. The summed E-state index contributed by atoms with van der Waals surface area (Å²) in [5.41, 5.74) is 2.64. The third-order valence-corrected chi connectivity index (χ3v) is 3.92. The smallest absolute Gasteiger partial charge is 0.127 e. The van der Waals surface area contributed by atoms with Crippen LogP contribution < -0.4 is 0 Å². The molecule has 0 bridgehead atoms.